The molecule has 0 aromatic carbocycles. The van der Waals surface area contributed by atoms with Gasteiger partial charge in [0, 0.05) is 42.1 Å². The molecule has 0 unspecified atom stereocenters. The van der Waals surface area contributed by atoms with Crippen LogP contribution in [-0.2, 0) is 50.4 Å². The molecule has 0 spiro atoms. The third-order valence-electron chi connectivity index (χ3n) is 2.60. The smallest absolute Gasteiger partial charge is 0.311 e. The van der Waals surface area contributed by atoms with E-state index in [1.807, 2.05) is 0 Å². The van der Waals surface area contributed by atoms with Crippen LogP contribution >= 0.6 is 0 Å². The molecule has 0 aliphatic carbocycles. The van der Waals surface area contributed by atoms with E-state index < -0.39 is 25.2 Å². The van der Waals surface area contributed by atoms with Crippen LogP contribution in [0, 0.1) is 13.8 Å². The summed E-state index contributed by atoms with van der Waals surface area (Å²) in [7, 11) is -5.14. The summed E-state index contributed by atoms with van der Waals surface area (Å²) in [5.41, 5.74) is 0. The van der Waals surface area contributed by atoms with Gasteiger partial charge in [-0.05, 0) is 39.3 Å². The van der Waals surface area contributed by atoms with Crippen molar-refractivity contribution in [2.75, 3.05) is 0 Å². The first-order valence-electron chi connectivity index (χ1n) is 6.52. The van der Waals surface area contributed by atoms with Crippen molar-refractivity contribution in [2.45, 2.75) is 64.2 Å². The molecule has 0 radical (unpaired) electrons. The van der Waals surface area contributed by atoms with Gasteiger partial charge in [-0.1, -0.05) is 12.1 Å². The van der Waals surface area contributed by atoms with E-state index in [4.69, 9.17) is 8.23 Å². The molecule has 0 heterocycles. The molecular weight excluding hydrogens is 628 g/mol. The minimum Gasteiger partial charge on any atom is -0.437 e. The fourth-order valence-corrected chi connectivity index (χ4v) is 16.0. The predicted octanol–water partition coefficient (Wildman–Crippen LogP) is 4.57. The largest absolute Gasteiger partial charge is 0.437 e. The summed E-state index contributed by atoms with van der Waals surface area (Å²) in [5, 5.41) is 0. The maximum absolute atomic E-state index is 6.38. The van der Waals surface area contributed by atoms with Crippen LogP contribution in [0.2, 0.25) is 51.4 Å². The molecule has 0 bridgehead atoms. The van der Waals surface area contributed by atoms with Crippen LogP contribution in [-0.4, -0.2) is 25.2 Å². The molecule has 0 aromatic rings. The van der Waals surface area contributed by atoms with E-state index in [2.05, 4.69) is 53.1 Å². The molecule has 2 nitrogen and oxygen atoms in total. The van der Waals surface area contributed by atoms with Crippen LogP contribution in [0.25, 0.3) is 0 Å². The molecule has 0 atom stereocenters. The van der Waals surface area contributed by atoms with Crippen molar-refractivity contribution in [1.82, 2.24) is 0 Å². The van der Waals surface area contributed by atoms with Crippen molar-refractivity contribution < 1.29 is 50.4 Å². The Hall–Kier alpha value is 1.95. The summed E-state index contributed by atoms with van der Waals surface area (Å²) < 4.78 is 12.8. The first-order valence-corrected chi connectivity index (χ1v) is 15.6. The summed E-state index contributed by atoms with van der Waals surface area (Å²) in [4.78, 5) is 0. The second kappa shape index (κ2) is 10.6. The van der Waals surface area contributed by atoms with Crippen LogP contribution in [0.3, 0.4) is 0 Å². The van der Waals surface area contributed by atoms with Gasteiger partial charge in [0.15, 0.2) is 16.6 Å². The standard InChI is InChI=1S/C12H30O2Si3.2W/c1-9-11-15(3,4)13-17(7,8)14-16(5,6)12-10-2;;/h1-2,9-12H2,3-8H3;;/q-2;;. The van der Waals surface area contributed by atoms with Crippen molar-refractivity contribution in [3.8, 4) is 0 Å². The third kappa shape index (κ3) is 13.3. The summed E-state index contributed by atoms with van der Waals surface area (Å²) in [6.07, 6.45) is 1.92. The Balaban J connectivity index is -0.00000128. The zero-order valence-corrected chi connectivity index (χ0v) is 22.2. The normalized spacial score (nSPS) is 12.6. The van der Waals surface area contributed by atoms with Gasteiger partial charge in [0.05, 0.1) is 0 Å². The first-order chi connectivity index (χ1) is 7.54. The van der Waals surface area contributed by atoms with Crippen LogP contribution in [0.1, 0.15) is 12.8 Å². The van der Waals surface area contributed by atoms with Gasteiger partial charge in [-0.3, -0.25) is 0 Å². The van der Waals surface area contributed by atoms with E-state index in [0.717, 1.165) is 24.9 Å². The zero-order valence-electron chi connectivity index (χ0n) is 13.4. The molecular formula is C12H30O2Si3W2-2. The topological polar surface area (TPSA) is 18.5 Å². The molecule has 0 N–H and O–H groups in total. The van der Waals surface area contributed by atoms with Gasteiger partial charge in [-0.15, -0.1) is 0 Å². The van der Waals surface area contributed by atoms with Crippen LogP contribution in [0.15, 0.2) is 0 Å². The molecule has 19 heavy (non-hydrogen) atoms. The fourth-order valence-electron chi connectivity index (χ4n) is 2.31. The molecule has 0 aromatic heterocycles. The van der Waals surface area contributed by atoms with Crippen molar-refractivity contribution in [2.24, 2.45) is 0 Å². The minimum atomic E-state index is -1.98. The van der Waals surface area contributed by atoms with Crippen LogP contribution in [0.5, 0.6) is 0 Å². The molecule has 0 aliphatic rings. The Morgan fingerprint density at radius 1 is 0.684 bits per heavy atom. The fraction of sp³-hybridized carbons (Fsp3) is 0.833. The van der Waals surface area contributed by atoms with Gasteiger partial charge in [0.2, 0.25) is 0 Å². The summed E-state index contributed by atoms with van der Waals surface area (Å²) >= 11 is 0. The first kappa shape index (κ1) is 25.9. The Morgan fingerprint density at radius 3 is 1.16 bits per heavy atom. The monoisotopic (exact) mass is 658 g/mol. The Labute approximate surface area is 152 Å². The second-order valence-electron chi connectivity index (χ2n) is 6.33. The average molecular weight is 658 g/mol. The van der Waals surface area contributed by atoms with Crippen molar-refractivity contribution in [3.63, 3.8) is 0 Å². The summed E-state index contributed by atoms with van der Waals surface area (Å²) in [5.74, 6) is 0. The predicted molar refractivity (Wildman–Crippen MR) is 84.2 cm³/mol. The van der Waals surface area contributed by atoms with Crippen molar-refractivity contribution in [3.05, 3.63) is 13.8 Å². The molecule has 0 rings (SSSR count). The summed E-state index contributed by atoms with van der Waals surface area (Å²) in [6, 6.07) is 2.23. The number of hydrogen-bond donors (Lipinski definition) is 0. The van der Waals surface area contributed by atoms with Crippen molar-refractivity contribution in [1.29, 1.82) is 0 Å². The maximum Gasteiger partial charge on any atom is 0.311 e. The molecule has 0 amide bonds. The van der Waals surface area contributed by atoms with E-state index in [-0.39, 0.29) is 42.1 Å². The van der Waals surface area contributed by atoms with E-state index in [1.54, 1.807) is 0 Å². The van der Waals surface area contributed by atoms with Gasteiger partial charge in [-0.2, -0.15) is 12.8 Å². The van der Waals surface area contributed by atoms with Gasteiger partial charge in [0.1, 0.15) is 0 Å². The van der Waals surface area contributed by atoms with Crippen molar-refractivity contribution >= 4 is 25.2 Å². The number of hydrogen-bond acceptors (Lipinski definition) is 2. The van der Waals surface area contributed by atoms with Gasteiger partial charge < -0.3 is 22.1 Å². The summed E-state index contributed by atoms with van der Waals surface area (Å²) in [6.45, 7) is 21.3. The number of rotatable bonds is 8. The van der Waals surface area contributed by atoms with E-state index in [0.29, 0.717) is 0 Å². The second-order valence-corrected chi connectivity index (χ2v) is 18.8. The van der Waals surface area contributed by atoms with Gasteiger partial charge in [0.25, 0.3) is 0 Å². The molecule has 0 saturated heterocycles. The maximum atomic E-state index is 6.38. The minimum absolute atomic E-state index is 0. The van der Waals surface area contributed by atoms with Crippen LogP contribution < -0.4 is 0 Å². The van der Waals surface area contributed by atoms with Crippen LogP contribution in [0.4, 0.5) is 0 Å². The van der Waals surface area contributed by atoms with E-state index in [1.165, 1.54) is 0 Å². The third-order valence-corrected chi connectivity index (χ3v) is 14.1. The Morgan fingerprint density at radius 2 is 0.947 bits per heavy atom. The molecule has 0 aliphatic heterocycles. The zero-order chi connectivity index (χ0) is 13.7. The molecule has 0 saturated carbocycles. The van der Waals surface area contributed by atoms with Gasteiger partial charge in [-0.25, -0.2) is 0 Å². The Kier molecular flexibility index (Phi) is 14.5. The Bertz CT molecular complexity index is 215. The SMILES string of the molecule is [CH2-]CC[Si](C)(C)O[Si](C)(C)O[Si](C)(C)CC[CH2-].[W].[W]. The molecule has 7 heteroatoms. The quantitative estimate of drug-likeness (QED) is 0.281. The molecule has 116 valence electrons. The van der Waals surface area contributed by atoms with E-state index in [9.17, 15) is 0 Å². The van der Waals surface area contributed by atoms with Gasteiger partial charge >= 0.3 is 8.56 Å². The average Bonchev–Trinajstić information content (AvgIpc) is 1.96. The van der Waals surface area contributed by atoms with E-state index >= 15 is 0 Å². The molecule has 0 fully saturated rings.